The summed E-state index contributed by atoms with van der Waals surface area (Å²) in [4.78, 5) is 5.93. The molecular weight excluding hydrogens is 308 g/mol. The first-order chi connectivity index (χ1) is 8.60. The number of nitrogens with one attached hydrogen (secondary N) is 1. The highest BCUT2D eigenvalue weighted by atomic mass is 79.9. The van der Waals surface area contributed by atoms with Gasteiger partial charge in [-0.2, -0.15) is 0 Å². The van der Waals surface area contributed by atoms with Gasteiger partial charge in [0.1, 0.15) is 0 Å². The van der Waals surface area contributed by atoms with Crippen molar-refractivity contribution in [2.45, 2.75) is 26.3 Å². The minimum absolute atomic E-state index is 0.312. The minimum atomic E-state index is 0.312. The Hall–Kier alpha value is -0.710. The van der Waals surface area contributed by atoms with Gasteiger partial charge in [0.05, 0.1) is 10.7 Å². The summed E-state index contributed by atoms with van der Waals surface area (Å²) in [5.74, 6) is 0. The molecule has 1 N–H and O–H groups in total. The van der Waals surface area contributed by atoms with Gasteiger partial charge in [0.2, 0.25) is 0 Å². The van der Waals surface area contributed by atoms with Crippen LogP contribution in [0.1, 0.15) is 27.2 Å². The summed E-state index contributed by atoms with van der Waals surface area (Å²) in [5, 5.41) is 4.57. The van der Waals surface area contributed by atoms with Gasteiger partial charge in [-0.05, 0) is 38.6 Å². The average Bonchev–Trinajstić information content (AvgIpc) is 2.65. The summed E-state index contributed by atoms with van der Waals surface area (Å²) >= 11 is 5.31. The standard InChI is InChI=1S/C14H17BrN2S/c1-9-10(2)18-14(17-9)8-13(16-3)11-5-4-6-12(15)7-11/h4-7,13,16H,8H2,1-3H3. The average molecular weight is 325 g/mol. The molecular formula is C14H17BrN2S. The van der Waals surface area contributed by atoms with E-state index in [4.69, 9.17) is 0 Å². The number of halogens is 1. The molecule has 1 unspecified atom stereocenters. The monoisotopic (exact) mass is 324 g/mol. The molecule has 2 aromatic rings. The van der Waals surface area contributed by atoms with Crippen LogP contribution in [-0.2, 0) is 6.42 Å². The fourth-order valence-corrected chi connectivity index (χ4v) is 3.31. The van der Waals surface area contributed by atoms with Gasteiger partial charge < -0.3 is 5.32 Å². The number of aryl methyl sites for hydroxylation is 2. The number of hydrogen-bond donors (Lipinski definition) is 1. The number of thiazole rings is 1. The van der Waals surface area contributed by atoms with Crippen LogP contribution in [0.15, 0.2) is 28.7 Å². The van der Waals surface area contributed by atoms with Crippen molar-refractivity contribution < 1.29 is 0 Å². The third-order valence-corrected chi connectivity index (χ3v) is 4.64. The SMILES string of the molecule is CNC(Cc1nc(C)c(C)s1)c1cccc(Br)c1. The molecule has 0 fully saturated rings. The van der Waals surface area contributed by atoms with Crippen LogP contribution in [0.2, 0.25) is 0 Å². The third-order valence-electron chi connectivity index (χ3n) is 3.05. The van der Waals surface area contributed by atoms with E-state index in [0.717, 1.165) is 16.6 Å². The molecule has 1 heterocycles. The van der Waals surface area contributed by atoms with E-state index in [2.05, 4.69) is 58.3 Å². The molecule has 96 valence electrons. The van der Waals surface area contributed by atoms with Crippen LogP contribution in [0, 0.1) is 13.8 Å². The number of nitrogens with zero attached hydrogens (tertiary/aromatic N) is 1. The topological polar surface area (TPSA) is 24.9 Å². The highest BCUT2D eigenvalue weighted by Crippen LogP contribution is 2.24. The van der Waals surface area contributed by atoms with Crippen molar-refractivity contribution in [3.05, 3.63) is 49.9 Å². The van der Waals surface area contributed by atoms with E-state index in [9.17, 15) is 0 Å². The molecule has 2 nitrogen and oxygen atoms in total. The fraction of sp³-hybridized carbons (Fsp3) is 0.357. The summed E-state index contributed by atoms with van der Waals surface area (Å²) in [6.07, 6.45) is 0.937. The first-order valence-electron chi connectivity index (χ1n) is 5.95. The molecule has 0 saturated carbocycles. The van der Waals surface area contributed by atoms with Crippen molar-refractivity contribution in [2.24, 2.45) is 0 Å². The Bertz CT molecular complexity index is 517. The Balaban J connectivity index is 2.19. The highest BCUT2D eigenvalue weighted by Gasteiger charge is 2.13. The van der Waals surface area contributed by atoms with E-state index < -0.39 is 0 Å². The molecule has 0 amide bonds. The summed E-state index contributed by atoms with van der Waals surface area (Å²) in [6.45, 7) is 4.20. The van der Waals surface area contributed by atoms with Crippen LogP contribution in [0.25, 0.3) is 0 Å². The Labute approximate surface area is 121 Å². The van der Waals surface area contributed by atoms with Crippen LogP contribution in [0.3, 0.4) is 0 Å². The molecule has 0 bridgehead atoms. The van der Waals surface area contributed by atoms with Crippen molar-refractivity contribution >= 4 is 27.3 Å². The lowest BCUT2D eigenvalue weighted by atomic mass is 10.0. The number of likely N-dealkylation sites (N-methyl/N-ethyl adjacent to an activating group) is 1. The van der Waals surface area contributed by atoms with Gasteiger partial charge in [-0.15, -0.1) is 11.3 Å². The Morgan fingerprint density at radius 3 is 2.72 bits per heavy atom. The lowest BCUT2D eigenvalue weighted by Gasteiger charge is -2.15. The Morgan fingerprint density at radius 1 is 1.39 bits per heavy atom. The third kappa shape index (κ3) is 3.19. The van der Waals surface area contributed by atoms with Crippen molar-refractivity contribution in [3.63, 3.8) is 0 Å². The Morgan fingerprint density at radius 2 is 2.17 bits per heavy atom. The van der Waals surface area contributed by atoms with Crippen LogP contribution in [-0.4, -0.2) is 12.0 Å². The van der Waals surface area contributed by atoms with Crippen LogP contribution in [0.5, 0.6) is 0 Å². The molecule has 1 atom stereocenters. The van der Waals surface area contributed by atoms with Gasteiger partial charge >= 0.3 is 0 Å². The smallest absolute Gasteiger partial charge is 0.0949 e. The minimum Gasteiger partial charge on any atom is -0.313 e. The zero-order valence-electron chi connectivity index (χ0n) is 10.8. The van der Waals surface area contributed by atoms with Crippen molar-refractivity contribution in [1.29, 1.82) is 0 Å². The van der Waals surface area contributed by atoms with Gasteiger partial charge in [-0.3, -0.25) is 0 Å². The van der Waals surface area contributed by atoms with E-state index in [1.54, 1.807) is 11.3 Å². The molecule has 2 rings (SSSR count). The second kappa shape index (κ2) is 5.95. The van der Waals surface area contributed by atoms with Gasteiger partial charge in [0.25, 0.3) is 0 Å². The van der Waals surface area contributed by atoms with E-state index in [-0.39, 0.29) is 0 Å². The van der Waals surface area contributed by atoms with Gasteiger partial charge in [-0.25, -0.2) is 4.98 Å². The molecule has 18 heavy (non-hydrogen) atoms. The second-order valence-corrected chi connectivity index (χ2v) is 6.55. The summed E-state index contributed by atoms with van der Waals surface area (Å²) in [6, 6.07) is 8.75. The summed E-state index contributed by atoms with van der Waals surface area (Å²) in [7, 11) is 2.00. The highest BCUT2D eigenvalue weighted by molar-refractivity contribution is 9.10. The summed E-state index contributed by atoms with van der Waals surface area (Å²) < 4.78 is 1.12. The predicted molar refractivity (Wildman–Crippen MR) is 81.2 cm³/mol. The number of hydrogen-bond acceptors (Lipinski definition) is 3. The molecule has 0 aliphatic carbocycles. The quantitative estimate of drug-likeness (QED) is 0.918. The van der Waals surface area contributed by atoms with E-state index in [1.165, 1.54) is 15.4 Å². The lowest BCUT2D eigenvalue weighted by molar-refractivity contribution is 0.589. The largest absolute Gasteiger partial charge is 0.313 e. The lowest BCUT2D eigenvalue weighted by Crippen LogP contribution is -2.18. The predicted octanol–water partition coefficient (Wildman–Crippen LogP) is 4.03. The van der Waals surface area contributed by atoms with Gasteiger partial charge in [0, 0.05) is 21.8 Å². The van der Waals surface area contributed by atoms with Crippen LogP contribution in [0.4, 0.5) is 0 Å². The number of aromatic nitrogens is 1. The number of benzene rings is 1. The summed E-state index contributed by atoms with van der Waals surface area (Å²) in [5.41, 5.74) is 2.44. The van der Waals surface area contributed by atoms with Crippen LogP contribution < -0.4 is 5.32 Å². The first kappa shape index (κ1) is 13.7. The molecule has 4 heteroatoms. The number of rotatable bonds is 4. The van der Waals surface area contributed by atoms with E-state index in [0.29, 0.717) is 6.04 Å². The fourth-order valence-electron chi connectivity index (χ4n) is 1.91. The molecule has 0 saturated heterocycles. The molecule has 0 aliphatic rings. The zero-order valence-corrected chi connectivity index (χ0v) is 13.2. The maximum absolute atomic E-state index is 4.61. The normalized spacial score (nSPS) is 12.7. The van der Waals surface area contributed by atoms with Crippen molar-refractivity contribution in [2.75, 3.05) is 7.05 Å². The maximum Gasteiger partial charge on any atom is 0.0949 e. The second-order valence-electron chi connectivity index (χ2n) is 4.35. The van der Waals surface area contributed by atoms with E-state index >= 15 is 0 Å². The van der Waals surface area contributed by atoms with Gasteiger partial charge in [-0.1, -0.05) is 28.1 Å². The molecule has 0 aliphatic heterocycles. The van der Waals surface area contributed by atoms with Crippen LogP contribution >= 0.6 is 27.3 Å². The first-order valence-corrected chi connectivity index (χ1v) is 7.56. The Kier molecular flexibility index (Phi) is 4.54. The molecule has 0 radical (unpaired) electrons. The van der Waals surface area contributed by atoms with Crippen molar-refractivity contribution in [3.8, 4) is 0 Å². The van der Waals surface area contributed by atoms with Gasteiger partial charge in [0.15, 0.2) is 0 Å². The molecule has 0 spiro atoms. The maximum atomic E-state index is 4.61. The molecule has 1 aromatic heterocycles. The molecule has 1 aromatic carbocycles. The zero-order chi connectivity index (χ0) is 13.1. The van der Waals surface area contributed by atoms with E-state index in [1.807, 2.05) is 13.1 Å². The van der Waals surface area contributed by atoms with Crippen molar-refractivity contribution in [1.82, 2.24) is 10.3 Å².